The first-order chi connectivity index (χ1) is 30.6. The van der Waals surface area contributed by atoms with Crippen molar-refractivity contribution in [1.29, 1.82) is 0 Å². The van der Waals surface area contributed by atoms with Gasteiger partial charge in [-0.25, -0.2) is 14.6 Å². The molecule has 0 radical (unpaired) electrons. The monoisotopic (exact) mass is 883 g/mol. The number of alkyl carbamates (subject to hydrolysis) is 1. The molecule has 0 spiro atoms. The van der Waals surface area contributed by atoms with Crippen LogP contribution in [0.5, 0.6) is 5.75 Å². The standard InChI is InChI=1S/C47H55F2N7O8/c1-23(2)39(53-46(59)61-7)43(57)56-25(4)10-16-37(56)42-50-21-35(52-42)28-13-14-31-30(17-28)22-63-38-20-32-27(18-33(31)38)11-12-29-19-34(51-40(29)32)36-15-9-24(3)55(36)44(58)41(26(5)64-45(48)49)54(6)47(60)62-8/h11-14,17-21,23-26,36-37,39,41,45,51H,9-10,15-16,22H2,1-8H3,(H,50,52)(H,53,59)/t24-,25-,26+,36-,37-,39?,41-/m0/s1. The Morgan fingerprint density at radius 1 is 0.859 bits per heavy atom. The number of carbonyl (C=O) groups excluding carboxylic acids is 4. The Bertz CT molecular complexity index is 2590. The van der Waals surface area contributed by atoms with E-state index >= 15 is 0 Å². The van der Waals surface area contributed by atoms with Gasteiger partial charge in [-0.2, -0.15) is 8.78 Å². The number of carbonyl (C=O) groups is 4. The smallest absolute Gasteiger partial charge is 0.409 e. The molecule has 17 heteroatoms. The number of nitrogens with one attached hydrogen (secondary N) is 3. The van der Waals surface area contributed by atoms with Gasteiger partial charge >= 0.3 is 18.8 Å². The van der Waals surface area contributed by atoms with E-state index in [4.69, 9.17) is 23.9 Å². The molecule has 0 saturated carbocycles. The summed E-state index contributed by atoms with van der Waals surface area (Å²) in [5.74, 6) is 0.590. The first-order valence-electron chi connectivity index (χ1n) is 21.7. The summed E-state index contributed by atoms with van der Waals surface area (Å²) < 4.78 is 47.6. The molecule has 3 N–H and O–H groups in total. The van der Waals surface area contributed by atoms with E-state index in [0.717, 1.165) is 78.8 Å². The molecule has 8 rings (SSSR count). The Morgan fingerprint density at radius 2 is 1.56 bits per heavy atom. The molecule has 3 aliphatic rings. The lowest BCUT2D eigenvalue weighted by Gasteiger charge is -2.37. The zero-order valence-electron chi connectivity index (χ0n) is 37.2. The number of alkyl halides is 2. The molecule has 2 aromatic heterocycles. The van der Waals surface area contributed by atoms with E-state index in [1.54, 1.807) is 11.1 Å². The van der Waals surface area contributed by atoms with Gasteiger partial charge in [-0.05, 0) is 98.7 Å². The molecule has 3 aromatic carbocycles. The van der Waals surface area contributed by atoms with Crippen molar-refractivity contribution in [3.8, 4) is 28.1 Å². The third kappa shape index (κ3) is 8.09. The van der Waals surface area contributed by atoms with Gasteiger partial charge in [-0.3, -0.25) is 14.5 Å². The third-order valence-corrected chi connectivity index (χ3v) is 13.2. The number of fused-ring (bicyclic) bond motifs is 6. The molecule has 15 nitrogen and oxygen atoms in total. The van der Waals surface area contributed by atoms with E-state index in [9.17, 15) is 28.0 Å². The van der Waals surface area contributed by atoms with Crippen LogP contribution in [-0.4, -0.2) is 112 Å². The van der Waals surface area contributed by atoms with Crippen molar-refractivity contribution < 1.29 is 46.9 Å². The number of benzene rings is 3. The minimum atomic E-state index is -3.14. The third-order valence-electron chi connectivity index (χ3n) is 13.2. The highest BCUT2D eigenvalue weighted by Gasteiger charge is 2.45. The molecule has 5 aromatic rings. The number of likely N-dealkylation sites (tertiary alicyclic amines) is 2. The van der Waals surface area contributed by atoms with Crippen LogP contribution >= 0.6 is 0 Å². The molecule has 340 valence electrons. The van der Waals surface area contributed by atoms with E-state index in [0.29, 0.717) is 25.3 Å². The van der Waals surface area contributed by atoms with Gasteiger partial charge in [-0.15, -0.1) is 0 Å². The lowest BCUT2D eigenvalue weighted by molar-refractivity contribution is -0.179. The van der Waals surface area contributed by atoms with Crippen LogP contribution in [0, 0.1) is 5.92 Å². The van der Waals surface area contributed by atoms with Gasteiger partial charge in [0.2, 0.25) is 11.8 Å². The van der Waals surface area contributed by atoms with Crippen molar-refractivity contribution in [1.82, 2.24) is 35.0 Å². The summed E-state index contributed by atoms with van der Waals surface area (Å²) in [5, 5.41) is 5.57. The average Bonchev–Trinajstić information content (AvgIpc) is 4.09. The largest absolute Gasteiger partial charge is 0.488 e. The number of amides is 4. The summed E-state index contributed by atoms with van der Waals surface area (Å²) >= 11 is 0. The Hall–Kier alpha value is -6.23. The zero-order valence-corrected chi connectivity index (χ0v) is 37.2. The Morgan fingerprint density at radius 3 is 2.25 bits per heavy atom. The van der Waals surface area contributed by atoms with Gasteiger partial charge in [-0.1, -0.05) is 38.1 Å². The summed E-state index contributed by atoms with van der Waals surface area (Å²) in [6.07, 6.45) is 1.83. The summed E-state index contributed by atoms with van der Waals surface area (Å²) in [6, 6.07) is 13.5. The minimum Gasteiger partial charge on any atom is -0.488 e. The van der Waals surface area contributed by atoms with Crippen LogP contribution in [-0.2, 0) is 30.4 Å². The van der Waals surface area contributed by atoms with Gasteiger partial charge in [0.25, 0.3) is 0 Å². The molecule has 7 atom stereocenters. The summed E-state index contributed by atoms with van der Waals surface area (Å²) in [5.41, 5.74) is 6.40. The number of imidazole rings is 1. The Balaban J connectivity index is 1.05. The van der Waals surface area contributed by atoms with Crippen LogP contribution in [0.1, 0.15) is 89.5 Å². The van der Waals surface area contributed by atoms with Crippen molar-refractivity contribution in [2.75, 3.05) is 21.3 Å². The second-order valence-electron chi connectivity index (χ2n) is 17.5. The SMILES string of the molecule is COC(=O)NC(C(=O)N1[C@@H](C)CC[C@H]1c1ncc(-c2ccc3c(c2)COc2cc4c(ccc5cc([C@@H]6CC[C@H](C)N6C(=O)[C@H]([C@@H](C)OC(F)F)N(C)C(=O)OC)[nH]c54)cc2-3)[nH]1)C(C)C. The lowest BCUT2D eigenvalue weighted by atomic mass is 9.92. The van der Waals surface area contributed by atoms with Crippen LogP contribution in [0.15, 0.2) is 54.7 Å². The second kappa shape index (κ2) is 17.7. The number of methoxy groups -OCH3 is 2. The number of halogens is 2. The first-order valence-corrected chi connectivity index (χ1v) is 21.7. The van der Waals surface area contributed by atoms with Crippen LogP contribution in [0.4, 0.5) is 18.4 Å². The zero-order chi connectivity index (χ0) is 45.7. The fourth-order valence-electron chi connectivity index (χ4n) is 9.91. The Labute approximate surface area is 369 Å². The Kier molecular flexibility index (Phi) is 12.3. The maximum Gasteiger partial charge on any atom is 0.409 e. The molecule has 2 fully saturated rings. The van der Waals surface area contributed by atoms with E-state index in [-0.39, 0.29) is 30.0 Å². The van der Waals surface area contributed by atoms with E-state index in [1.165, 1.54) is 28.2 Å². The van der Waals surface area contributed by atoms with Crippen molar-refractivity contribution in [2.24, 2.45) is 5.92 Å². The number of H-pyrrole nitrogens is 2. The molecule has 0 aliphatic carbocycles. The topological polar surface area (TPSA) is 171 Å². The second-order valence-corrected chi connectivity index (χ2v) is 17.5. The van der Waals surface area contributed by atoms with Gasteiger partial charge in [0.15, 0.2) is 0 Å². The molecule has 2 saturated heterocycles. The fourth-order valence-corrected chi connectivity index (χ4v) is 9.91. The van der Waals surface area contributed by atoms with Gasteiger partial charge in [0.1, 0.15) is 30.3 Å². The molecular formula is C47H55F2N7O8. The van der Waals surface area contributed by atoms with E-state index < -0.39 is 48.9 Å². The van der Waals surface area contributed by atoms with E-state index in [1.807, 2.05) is 50.8 Å². The lowest BCUT2D eigenvalue weighted by Crippen LogP contribution is -2.56. The van der Waals surface area contributed by atoms with Crippen LogP contribution in [0.25, 0.3) is 44.1 Å². The number of aromatic nitrogens is 3. The van der Waals surface area contributed by atoms with Gasteiger partial charge < -0.3 is 44.0 Å². The summed E-state index contributed by atoms with van der Waals surface area (Å²) in [4.78, 5) is 69.2. The van der Waals surface area contributed by atoms with Crippen LogP contribution < -0.4 is 10.1 Å². The van der Waals surface area contributed by atoms with Crippen molar-refractivity contribution in [3.63, 3.8) is 0 Å². The molecule has 4 amide bonds. The molecule has 0 bridgehead atoms. The maximum atomic E-state index is 14.3. The van der Waals surface area contributed by atoms with Crippen molar-refractivity contribution in [2.45, 2.75) is 116 Å². The number of hydrogen-bond acceptors (Lipinski definition) is 9. The number of nitrogens with zero attached hydrogens (tertiary/aromatic N) is 4. The molecule has 1 unspecified atom stereocenters. The highest BCUT2D eigenvalue weighted by molar-refractivity contribution is 6.08. The van der Waals surface area contributed by atoms with Crippen molar-refractivity contribution >= 4 is 45.7 Å². The average molecular weight is 884 g/mol. The quantitative estimate of drug-likeness (QED) is 0.118. The molecular weight excluding hydrogens is 829 g/mol. The van der Waals surface area contributed by atoms with Gasteiger partial charge in [0, 0.05) is 41.2 Å². The summed E-state index contributed by atoms with van der Waals surface area (Å²) in [7, 11) is 3.79. The fraction of sp³-hybridized carbons (Fsp3) is 0.468. The molecule has 3 aliphatic heterocycles. The van der Waals surface area contributed by atoms with Crippen molar-refractivity contribution in [3.05, 3.63) is 71.8 Å². The van der Waals surface area contributed by atoms with Gasteiger partial charge in [0.05, 0.1) is 49.8 Å². The van der Waals surface area contributed by atoms with Crippen LogP contribution in [0.2, 0.25) is 0 Å². The summed E-state index contributed by atoms with van der Waals surface area (Å²) in [6.45, 7) is 6.26. The van der Waals surface area contributed by atoms with Crippen LogP contribution in [0.3, 0.4) is 0 Å². The van der Waals surface area contributed by atoms with E-state index in [2.05, 4.69) is 45.6 Å². The number of rotatable bonds is 11. The first kappa shape index (κ1) is 44.4. The number of hydrogen-bond donors (Lipinski definition) is 3. The number of aromatic amines is 2. The maximum absolute atomic E-state index is 14.3. The number of likely N-dealkylation sites (N-methyl/N-ethyl adjacent to an activating group) is 1. The highest BCUT2D eigenvalue weighted by atomic mass is 19.3. The molecule has 5 heterocycles. The minimum absolute atomic E-state index is 0.0365. The predicted octanol–water partition coefficient (Wildman–Crippen LogP) is 8.45. The predicted molar refractivity (Wildman–Crippen MR) is 234 cm³/mol. The molecule has 64 heavy (non-hydrogen) atoms. The normalized spacial score (nSPS) is 20.8. The highest BCUT2D eigenvalue weighted by Crippen LogP contribution is 2.45. The number of ether oxygens (including phenoxy) is 4.